The predicted molar refractivity (Wildman–Crippen MR) is 120 cm³/mol. The van der Waals surface area contributed by atoms with Gasteiger partial charge >= 0.3 is 0 Å². The Morgan fingerprint density at radius 2 is 1.67 bits per heavy atom. The average Bonchev–Trinajstić information content (AvgIpc) is 2.74. The van der Waals surface area contributed by atoms with Gasteiger partial charge in [-0.2, -0.15) is 0 Å². The molecule has 1 unspecified atom stereocenters. The van der Waals surface area contributed by atoms with Crippen LogP contribution < -0.4 is 5.32 Å². The second-order valence-corrected chi connectivity index (χ2v) is 12.3. The third-order valence-corrected chi connectivity index (χ3v) is 9.28. The minimum Gasteiger partial charge on any atom is -0.353 e. The van der Waals surface area contributed by atoms with Crippen LogP contribution >= 0.6 is 15.9 Å². The second kappa shape index (κ2) is 9.39. The quantitative estimate of drug-likeness (QED) is 0.670. The number of carbonyl (C=O) groups is 2. The van der Waals surface area contributed by atoms with Crippen molar-refractivity contribution in [2.75, 3.05) is 13.1 Å². The Balaban J connectivity index is 1.70. The molecule has 2 aliphatic rings. The molecule has 8 heteroatoms. The van der Waals surface area contributed by atoms with E-state index >= 15 is 0 Å². The van der Waals surface area contributed by atoms with Crippen LogP contribution in [0.15, 0.2) is 33.6 Å². The van der Waals surface area contributed by atoms with E-state index in [1.165, 1.54) is 32.4 Å². The molecule has 0 aromatic heterocycles. The number of hydrogen-bond acceptors (Lipinski definition) is 4. The average molecular weight is 499 g/mol. The first-order chi connectivity index (χ1) is 14.1. The van der Waals surface area contributed by atoms with Crippen LogP contribution in [0, 0.1) is 5.92 Å². The zero-order valence-corrected chi connectivity index (χ0v) is 20.1. The predicted octanol–water partition coefficient (Wildman–Crippen LogP) is 3.69. The van der Waals surface area contributed by atoms with Gasteiger partial charge in [-0.25, -0.2) is 8.42 Å². The van der Waals surface area contributed by atoms with E-state index in [2.05, 4.69) is 21.2 Å². The van der Waals surface area contributed by atoms with Gasteiger partial charge in [0.05, 0.1) is 10.8 Å². The third-order valence-electron chi connectivity index (χ3n) is 6.34. The van der Waals surface area contributed by atoms with Gasteiger partial charge in [-0.1, -0.05) is 35.2 Å². The summed E-state index contributed by atoms with van der Waals surface area (Å²) in [4.78, 5) is 27.7. The summed E-state index contributed by atoms with van der Waals surface area (Å²) in [6.45, 7) is 3.67. The fourth-order valence-corrected chi connectivity index (χ4v) is 6.05. The first-order valence-electron chi connectivity index (χ1n) is 10.7. The van der Waals surface area contributed by atoms with Gasteiger partial charge < -0.3 is 10.2 Å². The van der Waals surface area contributed by atoms with Crippen LogP contribution in [0.5, 0.6) is 0 Å². The highest BCUT2D eigenvalue weighted by Gasteiger charge is 2.46. The smallest absolute Gasteiger partial charge is 0.243 e. The van der Waals surface area contributed by atoms with Gasteiger partial charge in [0.15, 0.2) is 9.84 Å². The summed E-state index contributed by atoms with van der Waals surface area (Å²) < 4.78 is 25.5. The van der Waals surface area contributed by atoms with E-state index in [1.54, 1.807) is 17.0 Å². The highest BCUT2D eigenvalue weighted by atomic mass is 79.9. The zero-order valence-electron chi connectivity index (χ0n) is 17.7. The third kappa shape index (κ3) is 4.90. The van der Waals surface area contributed by atoms with Crippen molar-refractivity contribution in [3.63, 3.8) is 0 Å². The van der Waals surface area contributed by atoms with E-state index in [-0.39, 0.29) is 29.3 Å². The molecule has 2 fully saturated rings. The van der Waals surface area contributed by atoms with E-state index in [1.807, 2.05) is 0 Å². The standard InChI is InChI=1S/C22H31BrN2O4S/c1-22(2,30(28,29)19-12-10-17(23)11-13-19)21(27)25-14-6-7-16(15-25)20(26)24-18-8-4-3-5-9-18/h10-13,16,18H,3-9,14-15H2,1-2H3,(H,24,26). The Kier molecular flexibility index (Phi) is 7.28. The molecule has 1 atom stereocenters. The van der Waals surface area contributed by atoms with Crippen molar-refractivity contribution in [2.45, 2.75) is 74.5 Å². The molecule has 1 heterocycles. The summed E-state index contributed by atoms with van der Waals surface area (Å²) in [6.07, 6.45) is 6.95. The minimum atomic E-state index is -3.88. The minimum absolute atomic E-state index is 0.00651. The monoisotopic (exact) mass is 498 g/mol. The molecule has 1 aromatic rings. The van der Waals surface area contributed by atoms with E-state index in [9.17, 15) is 18.0 Å². The lowest BCUT2D eigenvalue weighted by Crippen LogP contribution is -2.54. The summed E-state index contributed by atoms with van der Waals surface area (Å²) in [7, 11) is -3.88. The molecule has 2 amide bonds. The number of rotatable bonds is 5. The molecule has 0 radical (unpaired) electrons. The maximum atomic E-state index is 13.3. The van der Waals surface area contributed by atoms with Crippen LogP contribution in [0.4, 0.5) is 0 Å². The maximum Gasteiger partial charge on any atom is 0.243 e. The lowest BCUT2D eigenvalue weighted by molar-refractivity contribution is -0.137. The first-order valence-corrected chi connectivity index (χ1v) is 13.0. The molecular weight excluding hydrogens is 468 g/mol. The van der Waals surface area contributed by atoms with Gasteiger partial charge in [-0.3, -0.25) is 9.59 Å². The number of nitrogens with one attached hydrogen (secondary N) is 1. The largest absolute Gasteiger partial charge is 0.353 e. The van der Waals surface area contributed by atoms with Crippen molar-refractivity contribution in [3.05, 3.63) is 28.7 Å². The van der Waals surface area contributed by atoms with Crippen LogP contribution in [0.1, 0.15) is 58.8 Å². The summed E-state index contributed by atoms with van der Waals surface area (Å²) >= 11 is 3.30. The van der Waals surface area contributed by atoms with Crippen molar-refractivity contribution in [3.8, 4) is 0 Å². The number of piperidine rings is 1. The lowest BCUT2D eigenvalue weighted by atomic mass is 9.92. The topological polar surface area (TPSA) is 83.6 Å². The Morgan fingerprint density at radius 3 is 2.30 bits per heavy atom. The van der Waals surface area contributed by atoms with Crippen LogP contribution in [0.2, 0.25) is 0 Å². The molecule has 6 nitrogen and oxygen atoms in total. The van der Waals surface area contributed by atoms with Gasteiger partial charge in [0.2, 0.25) is 11.8 Å². The highest BCUT2D eigenvalue weighted by molar-refractivity contribution is 9.10. The second-order valence-electron chi connectivity index (χ2n) is 8.90. The fraction of sp³-hybridized carbons (Fsp3) is 0.636. The molecule has 0 spiro atoms. The van der Waals surface area contributed by atoms with Gasteiger partial charge in [-0.15, -0.1) is 0 Å². The van der Waals surface area contributed by atoms with Crippen molar-refractivity contribution >= 4 is 37.6 Å². The summed E-state index contributed by atoms with van der Waals surface area (Å²) in [5, 5.41) is 3.15. The van der Waals surface area contributed by atoms with Crippen molar-refractivity contribution in [2.24, 2.45) is 5.92 Å². The van der Waals surface area contributed by atoms with E-state index in [4.69, 9.17) is 0 Å². The number of hydrogen-bond donors (Lipinski definition) is 1. The van der Waals surface area contributed by atoms with Crippen LogP contribution in [0.3, 0.4) is 0 Å². The Morgan fingerprint density at radius 1 is 1.03 bits per heavy atom. The maximum absolute atomic E-state index is 13.3. The molecule has 1 saturated carbocycles. The molecular formula is C22H31BrN2O4S. The summed E-state index contributed by atoms with van der Waals surface area (Å²) in [6, 6.07) is 6.54. The Bertz CT molecular complexity index is 877. The zero-order chi connectivity index (χ0) is 21.9. The molecule has 1 aliphatic heterocycles. The molecule has 0 bridgehead atoms. The number of carbonyl (C=O) groups excluding carboxylic acids is 2. The fourth-order valence-electron chi connectivity index (χ4n) is 4.35. The number of likely N-dealkylation sites (tertiary alicyclic amines) is 1. The van der Waals surface area contributed by atoms with Crippen LogP contribution in [-0.4, -0.2) is 49.0 Å². The van der Waals surface area contributed by atoms with Crippen LogP contribution in [0.25, 0.3) is 0 Å². The Hall–Kier alpha value is -1.41. The molecule has 1 aromatic carbocycles. The van der Waals surface area contributed by atoms with Crippen molar-refractivity contribution in [1.82, 2.24) is 10.2 Å². The molecule has 30 heavy (non-hydrogen) atoms. The first kappa shape index (κ1) is 23.3. The summed E-state index contributed by atoms with van der Waals surface area (Å²) in [5.74, 6) is -0.732. The highest BCUT2D eigenvalue weighted by Crippen LogP contribution is 2.30. The van der Waals surface area contributed by atoms with E-state index < -0.39 is 20.5 Å². The number of halogens is 1. The van der Waals surface area contributed by atoms with E-state index in [0.717, 1.165) is 36.6 Å². The number of amides is 2. The molecule has 1 aliphatic carbocycles. The SMILES string of the molecule is CC(C)(C(=O)N1CCCC(C(=O)NC2CCCCC2)C1)S(=O)(=O)c1ccc(Br)cc1. The molecule has 1 saturated heterocycles. The van der Waals surface area contributed by atoms with Gasteiger partial charge in [-0.05, 0) is 63.8 Å². The van der Waals surface area contributed by atoms with Crippen molar-refractivity contribution < 1.29 is 18.0 Å². The number of nitrogens with zero attached hydrogens (tertiary/aromatic N) is 1. The normalized spacial score (nSPS) is 21.3. The lowest BCUT2D eigenvalue weighted by Gasteiger charge is -2.37. The molecule has 3 rings (SSSR count). The molecule has 1 N–H and O–H groups in total. The van der Waals surface area contributed by atoms with Gasteiger partial charge in [0, 0.05) is 23.6 Å². The number of benzene rings is 1. The van der Waals surface area contributed by atoms with Gasteiger partial charge in [0.1, 0.15) is 4.75 Å². The molecule has 166 valence electrons. The van der Waals surface area contributed by atoms with Crippen molar-refractivity contribution in [1.29, 1.82) is 0 Å². The van der Waals surface area contributed by atoms with E-state index in [0.29, 0.717) is 13.0 Å². The number of sulfone groups is 1. The van der Waals surface area contributed by atoms with Crippen LogP contribution in [-0.2, 0) is 19.4 Å². The van der Waals surface area contributed by atoms with Gasteiger partial charge in [0.25, 0.3) is 0 Å². The Labute approximate surface area is 187 Å². The summed E-state index contributed by atoms with van der Waals surface area (Å²) in [5.41, 5.74) is 0.